The van der Waals surface area contributed by atoms with Gasteiger partial charge in [-0.1, -0.05) is 29.8 Å². The third kappa shape index (κ3) is 1.81. The molecule has 1 aromatic rings. The summed E-state index contributed by atoms with van der Waals surface area (Å²) >= 11 is 0. The van der Waals surface area contributed by atoms with Gasteiger partial charge < -0.3 is 9.47 Å². The Morgan fingerprint density at radius 1 is 1.07 bits per heavy atom. The van der Waals surface area contributed by atoms with Gasteiger partial charge in [0.2, 0.25) is 0 Å². The van der Waals surface area contributed by atoms with Crippen molar-refractivity contribution in [2.24, 2.45) is 0 Å². The molecule has 1 saturated heterocycles. The summed E-state index contributed by atoms with van der Waals surface area (Å²) in [5, 5.41) is 0. The Morgan fingerprint density at radius 2 is 1.64 bits per heavy atom. The number of hydrogen-bond donors (Lipinski definition) is 0. The second kappa shape index (κ2) is 3.71. The first kappa shape index (κ1) is 9.69. The van der Waals surface area contributed by atoms with Crippen molar-refractivity contribution in [3.8, 4) is 0 Å². The van der Waals surface area contributed by atoms with E-state index in [9.17, 15) is 0 Å². The molecule has 0 aromatic heterocycles. The molecular formula is C12H16O2. The van der Waals surface area contributed by atoms with E-state index in [0.29, 0.717) is 0 Å². The molecule has 0 bridgehead atoms. The zero-order chi connectivity index (χ0) is 10.0. The highest BCUT2D eigenvalue weighted by atomic mass is 16.7. The summed E-state index contributed by atoms with van der Waals surface area (Å²) in [5.41, 5.74) is 2.36. The van der Waals surface area contributed by atoms with Gasteiger partial charge in [-0.3, -0.25) is 0 Å². The first-order chi connectivity index (χ1) is 6.71. The topological polar surface area (TPSA) is 18.5 Å². The van der Waals surface area contributed by atoms with Gasteiger partial charge in [0.15, 0.2) is 5.79 Å². The molecule has 0 N–H and O–H groups in total. The zero-order valence-electron chi connectivity index (χ0n) is 8.75. The number of hydrogen-bond acceptors (Lipinski definition) is 2. The molecule has 0 aliphatic carbocycles. The van der Waals surface area contributed by atoms with Crippen LogP contribution < -0.4 is 0 Å². The first-order valence-corrected chi connectivity index (χ1v) is 5.06. The van der Waals surface area contributed by atoms with Crippen molar-refractivity contribution < 1.29 is 9.47 Å². The van der Waals surface area contributed by atoms with Gasteiger partial charge in [-0.25, -0.2) is 0 Å². The molecule has 0 amide bonds. The highest BCUT2D eigenvalue weighted by Crippen LogP contribution is 2.29. The molecule has 1 aromatic carbocycles. The maximum Gasteiger partial charge on any atom is 0.191 e. The molecule has 2 rings (SSSR count). The van der Waals surface area contributed by atoms with E-state index < -0.39 is 5.79 Å². The predicted molar refractivity (Wildman–Crippen MR) is 55.1 cm³/mol. The number of ether oxygens (including phenoxy) is 2. The molecule has 1 aliphatic heterocycles. The molecule has 76 valence electrons. The maximum atomic E-state index is 5.67. The van der Waals surface area contributed by atoms with Crippen LogP contribution in [0.1, 0.15) is 24.5 Å². The van der Waals surface area contributed by atoms with Crippen LogP contribution in [0.4, 0.5) is 0 Å². The van der Waals surface area contributed by atoms with Crippen molar-refractivity contribution in [1.29, 1.82) is 0 Å². The van der Waals surface area contributed by atoms with Crippen molar-refractivity contribution in [2.45, 2.75) is 26.1 Å². The summed E-state index contributed by atoms with van der Waals surface area (Å²) in [6.07, 6.45) is 0.988. The molecule has 14 heavy (non-hydrogen) atoms. The number of aryl methyl sites for hydroxylation is 1. The van der Waals surface area contributed by atoms with Crippen molar-refractivity contribution in [3.63, 3.8) is 0 Å². The highest BCUT2D eigenvalue weighted by Gasteiger charge is 2.30. The van der Waals surface area contributed by atoms with Gasteiger partial charge in [-0.2, -0.15) is 0 Å². The Hall–Kier alpha value is -0.860. The van der Waals surface area contributed by atoms with Gasteiger partial charge in [-0.05, 0) is 20.3 Å². The largest absolute Gasteiger partial charge is 0.346 e. The summed E-state index contributed by atoms with van der Waals surface area (Å²) in [6.45, 7) is 5.63. The van der Waals surface area contributed by atoms with Crippen molar-refractivity contribution in [3.05, 3.63) is 35.4 Å². The molecule has 1 aliphatic rings. The Morgan fingerprint density at radius 3 is 2.21 bits per heavy atom. The fourth-order valence-corrected chi connectivity index (χ4v) is 1.66. The van der Waals surface area contributed by atoms with Crippen molar-refractivity contribution >= 4 is 0 Å². The molecule has 0 atom stereocenters. The SMILES string of the molecule is Cc1ccc(C2(C)OCCCO2)cc1. The Kier molecular flexibility index (Phi) is 2.57. The minimum Gasteiger partial charge on any atom is -0.346 e. The van der Waals surface area contributed by atoms with Gasteiger partial charge in [0.1, 0.15) is 0 Å². The average Bonchev–Trinajstić information content (AvgIpc) is 2.19. The van der Waals surface area contributed by atoms with Crippen LogP contribution in [0, 0.1) is 6.92 Å². The molecule has 0 unspecified atom stereocenters. The van der Waals surface area contributed by atoms with Crippen LogP contribution in [-0.4, -0.2) is 13.2 Å². The number of benzene rings is 1. The predicted octanol–water partition coefficient (Wildman–Crippen LogP) is 2.60. The van der Waals surface area contributed by atoms with E-state index in [1.165, 1.54) is 5.56 Å². The van der Waals surface area contributed by atoms with Gasteiger partial charge in [-0.15, -0.1) is 0 Å². The van der Waals surface area contributed by atoms with Gasteiger partial charge in [0.05, 0.1) is 13.2 Å². The van der Waals surface area contributed by atoms with Crippen molar-refractivity contribution in [2.75, 3.05) is 13.2 Å². The van der Waals surface area contributed by atoms with Crippen LogP contribution in [0.5, 0.6) is 0 Å². The molecule has 0 radical (unpaired) electrons. The Labute approximate surface area is 84.8 Å². The van der Waals surface area contributed by atoms with Crippen LogP contribution in [0.2, 0.25) is 0 Å². The lowest BCUT2D eigenvalue weighted by Gasteiger charge is -2.34. The fraction of sp³-hybridized carbons (Fsp3) is 0.500. The van der Waals surface area contributed by atoms with E-state index in [-0.39, 0.29) is 0 Å². The third-order valence-electron chi connectivity index (χ3n) is 2.62. The Bertz CT molecular complexity index is 297. The summed E-state index contributed by atoms with van der Waals surface area (Å²) in [6, 6.07) is 8.31. The van der Waals surface area contributed by atoms with E-state index in [1.54, 1.807) is 0 Å². The van der Waals surface area contributed by atoms with Gasteiger partial charge >= 0.3 is 0 Å². The minimum atomic E-state index is -0.536. The maximum absolute atomic E-state index is 5.67. The first-order valence-electron chi connectivity index (χ1n) is 5.06. The van der Waals surface area contributed by atoms with E-state index in [0.717, 1.165) is 25.2 Å². The highest BCUT2D eigenvalue weighted by molar-refractivity contribution is 5.24. The van der Waals surface area contributed by atoms with Crippen LogP contribution in [0.25, 0.3) is 0 Å². The normalized spacial score (nSPS) is 20.7. The van der Waals surface area contributed by atoms with Crippen LogP contribution in [-0.2, 0) is 15.3 Å². The quantitative estimate of drug-likeness (QED) is 0.681. The molecule has 2 nitrogen and oxygen atoms in total. The Balaban J connectivity index is 2.23. The smallest absolute Gasteiger partial charge is 0.191 e. The minimum absolute atomic E-state index is 0.536. The van der Waals surface area contributed by atoms with Gasteiger partial charge in [0.25, 0.3) is 0 Å². The molecular weight excluding hydrogens is 176 g/mol. The van der Waals surface area contributed by atoms with Crippen molar-refractivity contribution in [1.82, 2.24) is 0 Å². The van der Waals surface area contributed by atoms with E-state index in [1.807, 2.05) is 6.92 Å². The van der Waals surface area contributed by atoms with E-state index in [4.69, 9.17) is 9.47 Å². The molecule has 1 fully saturated rings. The van der Waals surface area contributed by atoms with Crippen LogP contribution in [0.3, 0.4) is 0 Å². The summed E-state index contributed by atoms with van der Waals surface area (Å²) in [7, 11) is 0. The number of rotatable bonds is 1. The molecule has 0 saturated carbocycles. The lowest BCUT2D eigenvalue weighted by molar-refractivity contribution is -0.264. The fourth-order valence-electron chi connectivity index (χ4n) is 1.66. The second-order valence-electron chi connectivity index (χ2n) is 3.86. The molecule has 0 spiro atoms. The van der Waals surface area contributed by atoms with E-state index >= 15 is 0 Å². The summed E-state index contributed by atoms with van der Waals surface area (Å²) < 4.78 is 11.3. The molecule has 2 heteroatoms. The van der Waals surface area contributed by atoms with E-state index in [2.05, 4.69) is 31.2 Å². The summed E-state index contributed by atoms with van der Waals surface area (Å²) in [5.74, 6) is -0.536. The summed E-state index contributed by atoms with van der Waals surface area (Å²) in [4.78, 5) is 0. The third-order valence-corrected chi connectivity index (χ3v) is 2.62. The molecule has 1 heterocycles. The lowest BCUT2D eigenvalue weighted by atomic mass is 10.0. The standard InChI is InChI=1S/C12H16O2/c1-10-4-6-11(7-5-10)12(2)13-8-3-9-14-12/h4-7H,3,8-9H2,1-2H3. The van der Waals surface area contributed by atoms with Gasteiger partial charge in [0, 0.05) is 5.56 Å². The lowest BCUT2D eigenvalue weighted by Crippen LogP contribution is -2.34. The van der Waals surface area contributed by atoms with Crippen LogP contribution >= 0.6 is 0 Å². The second-order valence-corrected chi connectivity index (χ2v) is 3.86. The average molecular weight is 192 g/mol. The zero-order valence-corrected chi connectivity index (χ0v) is 8.75. The monoisotopic (exact) mass is 192 g/mol. The van der Waals surface area contributed by atoms with Crippen LogP contribution in [0.15, 0.2) is 24.3 Å².